The van der Waals surface area contributed by atoms with Gasteiger partial charge in [0, 0.05) is 0 Å². The van der Waals surface area contributed by atoms with Gasteiger partial charge in [-0.3, -0.25) is 0 Å². The number of hydrogen-bond acceptors (Lipinski definition) is 4. The van der Waals surface area contributed by atoms with Crippen LogP contribution < -0.4 is 4.43 Å². The van der Waals surface area contributed by atoms with E-state index in [-0.39, 0.29) is 26.3 Å². The molecule has 68 valence electrons. The standard InChI is InChI=1S/C7H5O5.Al.2H/c8-4-1-3(7(11)12)2-5(9)6(4)10;;;/h1,8-10H,(H,11,12);;;. The molecule has 0 radical (unpaired) electrons. The lowest BCUT2D eigenvalue weighted by Crippen LogP contribution is -2.15. The van der Waals surface area contributed by atoms with E-state index in [4.69, 9.17) is 15.3 Å². The second-order valence-corrected chi connectivity index (χ2v) is 3.57. The summed E-state index contributed by atoms with van der Waals surface area (Å²) in [6, 6.07) is 0.916. The van der Waals surface area contributed by atoms with Gasteiger partial charge in [-0.2, -0.15) is 0 Å². The van der Waals surface area contributed by atoms with Crippen LogP contribution >= 0.6 is 0 Å². The first kappa shape index (κ1) is 9.71. The van der Waals surface area contributed by atoms with Crippen LogP contribution in [0.25, 0.3) is 0 Å². The largest absolute Gasteiger partial charge is 0.505 e. The Labute approximate surface area is 81.3 Å². The molecule has 0 heterocycles. The molecule has 5 nitrogen and oxygen atoms in total. The van der Waals surface area contributed by atoms with Crippen molar-refractivity contribution in [3.63, 3.8) is 0 Å². The number of benzene rings is 1. The lowest BCUT2D eigenvalue weighted by Gasteiger charge is -2.07. The second-order valence-electron chi connectivity index (χ2n) is 2.57. The topological polar surface area (TPSA) is 98.0 Å². The van der Waals surface area contributed by atoms with Gasteiger partial charge < -0.3 is 20.4 Å². The van der Waals surface area contributed by atoms with Crippen molar-refractivity contribution in [2.24, 2.45) is 0 Å². The Morgan fingerprint density at radius 2 is 1.77 bits per heavy atom. The van der Waals surface area contributed by atoms with Crippen molar-refractivity contribution in [3.05, 3.63) is 11.6 Å². The molecule has 0 aliphatic carbocycles. The third-order valence-corrected chi connectivity index (χ3v) is 2.75. The predicted octanol–water partition coefficient (Wildman–Crippen LogP) is -1.24. The molecule has 1 aromatic rings. The Hall–Kier alpha value is -1.38. The highest BCUT2D eigenvalue weighted by Crippen LogP contribution is 2.33. The van der Waals surface area contributed by atoms with Gasteiger partial charge in [0.15, 0.2) is 11.5 Å². The van der Waals surface area contributed by atoms with Crippen molar-refractivity contribution in [1.29, 1.82) is 0 Å². The molecule has 0 aromatic heterocycles. The summed E-state index contributed by atoms with van der Waals surface area (Å²) in [7, 11) is 0. The maximum atomic E-state index is 10.6. The fourth-order valence-electron chi connectivity index (χ4n) is 0.962. The molecule has 0 unspecified atom stereocenters. The summed E-state index contributed by atoms with van der Waals surface area (Å²) in [5.41, 5.74) is -0.181. The zero-order valence-corrected chi connectivity index (χ0v) is 8.77. The lowest BCUT2D eigenvalue weighted by molar-refractivity contribution is 0.0697. The minimum Gasteiger partial charge on any atom is -0.505 e. The predicted molar refractivity (Wildman–Crippen MR) is 46.6 cm³/mol. The van der Waals surface area contributed by atoms with Crippen LogP contribution in [0.2, 0.25) is 0 Å². The van der Waals surface area contributed by atoms with Gasteiger partial charge in [0.25, 0.3) is 16.3 Å². The zero-order chi connectivity index (χ0) is 10.2. The highest BCUT2D eigenvalue weighted by atomic mass is 27.0. The fourth-order valence-corrected chi connectivity index (χ4v) is 1.56. The van der Waals surface area contributed by atoms with Gasteiger partial charge in [0.05, 0.1) is 5.56 Å². The molecule has 0 saturated heterocycles. The van der Waals surface area contributed by atoms with Gasteiger partial charge in [0.2, 0.25) is 0 Å². The van der Waals surface area contributed by atoms with Crippen molar-refractivity contribution in [1.82, 2.24) is 0 Å². The van der Waals surface area contributed by atoms with Crippen molar-refractivity contribution >= 4 is 26.7 Å². The SMILES string of the molecule is O=C(O)c1cc(O)c(O)c(O)[c]1[AlH2]. The molecule has 1 aromatic carbocycles. The molecule has 0 spiro atoms. The monoisotopic (exact) mass is 198 g/mol. The summed E-state index contributed by atoms with van der Waals surface area (Å²) in [5, 5.41) is 35.8. The highest BCUT2D eigenvalue weighted by Gasteiger charge is 2.16. The Bertz CT molecular complexity index is 374. The number of aromatic hydroxyl groups is 3. The Balaban J connectivity index is 3.50. The Morgan fingerprint density at radius 1 is 1.23 bits per heavy atom. The van der Waals surface area contributed by atoms with E-state index in [0.29, 0.717) is 0 Å². The summed E-state index contributed by atoms with van der Waals surface area (Å²) in [4.78, 5) is 10.6. The number of rotatable bonds is 1. The summed E-state index contributed by atoms with van der Waals surface area (Å²) < 4.78 is 0.155. The number of carboxylic acids is 1. The van der Waals surface area contributed by atoms with Gasteiger partial charge in [-0.15, -0.1) is 0 Å². The quantitative estimate of drug-likeness (QED) is 0.334. The summed E-state index contributed by atoms with van der Waals surface area (Å²) in [6.07, 6.45) is 0. The second kappa shape index (κ2) is 3.17. The smallest absolute Gasteiger partial charge is 0.334 e. The molecule has 6 heteroatoms. The molecular formula is C7H7AlO5. The molecule has 4 N–H and O–H groups in total. The summed E-state index contributed by atoms with van der Waals surface area (Å²) in [5.74, 6) is -3.09. The van der Waals surface area contributed by atoms with Gasteiger partial charge in [-0.1, -0.05) is 4.43 Å². The average Bonchev–Trinajstić information content (AvgIpc) is 2.07. The normalized spacial score (nSPS) is 9.85. The zero-order valence-electron chi connectivity index (χ0n) is 6.77. The first-order valence-corrected chi connectivity index (χ1v) is 4.43. The van der Waals surface area contributed by atoms with Gasteiger partial charge >= 0.3 is 5.97 Å². The first-order valence-electron chi connectivity index (χ1n) is 3.43. The van der Waals surface area contributed by atoms with E-state index in [0.717, 1.165) is 6.07 Å². The molecule has 0 saturated carbocycles. The minimum atomic E-state index is -1.24. The minimum absolute atomic E-state index is 0.155. The van der Waals surface area contributed by atoms with E-state index >= 15 is 0 Å². The van der Waals surface area contributed by atoms with Crippen molar-refractivity contribution in [3.8, 4) is 17.2 Å². The average molecular weight is 198 g/mol. The Kier molecular flexibility index (Phi) is 2.37. The summed E-state index contributed by atoms with van der Waals surface area (Å²) in [6.45, 7) is 0. The number of phenols is 3. The van der Waals surface area contributed by atoms with Crippen LogP contribution in [0, 0.1) is 0 Å². The van der Waals surface area contributed by atoms with Crippen molar-refractivity contribution in [2.75, 3.05) is 0 Å². The molecule has 0 aliphatic heterocycles. The lowest BCUT2D eigenvalue weighted by atomic mass is 10.2. The van der Waals surface area contributed by atoms with E-state index in [1.807, 2.05) is 0 Å². The van der Waals surface area contributed by atoms with Gasteiger partial charge in [-0.25, -0.2) is 4.79 Å². The van der Waals surface area contributed by atoms with E-state index in [1.54, 1.807) is 0 Å². The van der Waals surface area contributed by atoms with E-state index in [2.05, 4.69) is 0 Å². The van der Waals surface area contributed by atoms with E-state index in [9.17, 15) is 9.90 Å². The Morgan fingerprint density at radius 3 is 2.23 bits per heavy atom. The number of hydrogen-bond donors (Lipinski definition) is 4. The first-order chi connectivity index (χ1) is 5.95. The van der Waals surface area contributed by atoms with Crippen LogP contribution in [-0.2, 0) is 0 Å². The van der Waals surface area contributed by atoms with Crippen LogP contribution in [-0.4, -0.2) is 42.7 Å². The third kappa shape index (κ3) is 1.54. The van der Waals surface area contributed by atoms with Crippen LogP contribution in [0.4, 0.5) is 0 Å². The maximum Gasteiger partial charge on any atom is 0.334 e. The third-order valence-electron chi connectivity index (χ3n) is 1.74. The molecular weight excluding hydrogens is 191 g/mol. The molecule has 13 heavy (non-hydrogen) atoms. The van der Waals surface area contributed by atoms with Gasteiger partial charge in [0.1, 0.15) is 5.75 Å². The number of phenolic OH excluding ortho intramolecular Hbond substituents is 3. The van der Waals surface area contributed by atoms with E-state index in [1.165, 1.54) is 0 Å². The molecule has 0 aliphatic rings. The molecule has 0 bridgehead atoms. The van der Waals surface area contributed by atoms with Crippen LogP contribution in [0.3, 0.4) is 0 Å². The number of carboxylic acid groups (broad SMARTS) is 1. The van der Waals surface area contributed by atoms with Crippen LogP contribution in [0.5, 0.6) is 17.2 Å². The summed E-state index contributed by atoms with van der Waals surface area (Å²) >= 11 is 0.270. The number of carbonyl (C=O) groups is 1. The van der Waals surface area contributed by atoms with Gasteiger partial charge in [-0.05, 0) is 6.07 Å². The van der Waals surface area contributed by atoms with Crippen molar-refractivity contribution in [2.45, 2.75) is 0 Å². The number of aromatic carboxylic acids is 1. The molecule has 0 atom stereocenters. The van der Waals surface area contributed by atoms with E-state index < -0.39 is 23.2 Å². The van der Waals surface area contributed by atoms with Crippen molar-refractivity contribution < 1.29 is 25.2 Å². The molecule has 0 amide bonds. The highest BCUT2D eigenvalue weighted by molar-refractivity contribution is 6.38. The van der Waals surface area contributed by atoms with Crippen LogP contribution in [0.1, 0.15) is 10.4 Å². The molecule has 1 rings (SSSR count). The van der Waals surface area contributed by atoms with Crippen LogP contribution in [0.15, 0.2) is 6.07 Å². The fraction of sp³-hybridized carbons (Fsp3) is 0. The molecule has 0 fully saturated rings. The maximum absolute atomic E-state index is 10.6.